The van der Waals surface area contributed by atoms with Gasteiger partial charge in [-0.2, -0.15) is 0 Å². The Morgan fingerprint density at radius 3 is 2.71 bits per heavy atom. The fourth-order valence-corrected chi connectivity index (χ4v) is 2.09. The number of hydrogen-bond donors (Lipinski definition) is 1. The molecular weight excluding hydrogens is 219 g/mol. The molecular formula is C14H17FO2. The van der Waals surface area contributed by atoms with Gasteiger partial charge in [-0.3, -0.25) is 4.79 Å². The Labute approximate surface area is 100 Å². The van der Waals surface area contributed by atoms with Gasteiger partial charge in [0.05, 0.1) is 5.92 Å². The van der Waals surface area contributed by atoms with E-state index < -0.39 is 11.9 Å². The summed E-state index contributed by atoms with van der Waals surface area (Å²) in [5.41, 5.74) is 0.510. The summed E-state index contributed by atoms with van der Waals surface area (Å²) in [6, 6.07) is 6.43. The van der Waals surface area contributed by atoms with Crippen molar-refractivity contribution < 1.29 is 14.3 Å². The molecule has 2 rings (SSSR count). The van der Waals surface area contributed by atoms with Crippen LogP contribution in [0.4, 0.5) is 4.39 Å². The fourth-order valence-electron chi connectivity index (χ4n) is 2.09. The van der Waals surface area contributed by atoms with Crippen molar-refractivity contribution in [3.63, 3.8) is 0 Å². The quantitative estimate of drug-likeness (QED) is 0.823. The molecule has 0 spiro atoms. The Morgan fingerprint density at radius 2 is 2.12 bits per heavy atom. The zero-order chi connectivity index (χ0) is 12.3. The lowest BCUT2D eigenvalue weighted by molar-refractivity contribution is -0.142. The molecule has 17 heavy (non-hydrogen) atoms. The lowest BCUT2D eigenvalue weighted by Gasteiger charge is -2.12. The van der Waals surface area contributed by atoms with Crippen LogP contribution in [0.25, 0.3) is 0 Å². The molecule has 0 heterocycles. The van der Waals surface area contributed by atoms with Gasteiger partial charge in [0.15, 0.2) is 0 Å². The molecule has 1 fully saturated rings. The largest absolute Gasteiger partial charge is 0.481 e. The van der Waals surface area contributed by atoms with Crippen molar-refractivity contribution in [3.05, 3.63) is 35.6 Å². The van der Waals surface area contributed by atoms with Crippen molar-refractivity contribution in [3.8, 4) is 0 Å². The molecule has 0 bridgehead atoms. The molecule has 0 radical (unpaired) electrons. The van der Waals surface area contributed by atoms with E-state index in [1.165, 1.54) is 18.9 Å². The van der Waals surface area contributed by atoms with Crippen molar-refractivity contribution >= 4 is 5.97 Å². The third-order valence-corrected chi connectivity index (χ3v) is 3.39. The second kappa shape index (κ2) is 5.30. The number of aliphatic carboxylic acids is 1. The van der Waals surface area contributed by atoms with Crippen molar-refractivity contribution in [2.45, 2.75) is 32.1 Å². The predicted octanol–water partition coefficient (Wildman–Crippen LogP) is 3.26. The minimum absolute atomic E-state index is 0.300. The van der Waals surface area contributed by atoms with Crippen LogP contribution in [0.1, 0.15) is 31.2 Å². The van der Waals surface area contributed by atoms with Crippen LogP contribution in [0.5, 0.6) is 0 Å². The molecule has 3 heteroatoms. The summed E-state index contributed by atoms with van der Waals surface area (Å²) < 4.78 is 13.4. The maximum Gasteiger partial charge on any atom is 0.306 e. The van der Waals surface area contributed by atoms with Crippen molar-refractivity contribution in [1.29, 1.82) is 0 Å². The normalized spacial score (nSPS) is 16.8. The van der Waals surface area contributed by atoms with Crippen LogP contribution in [-0.4, -0.2) is 11.1 Å². The molecule has 0 amide bonds. The number of hydrogen-bond acceptors (Lipinski definition) is 1. The van der Waals surface area contributed by atoms with E-state index >= 15 is 0 Å². The van der Waals surface area contributed by atoms with E-state index in [0.29, 0.717) is 18.4 Å². The topological polar surface area (TPSA) is 37.3 Å². The SMILES string of the molecule is O=C(O)C(CCC1CC1)Cc1ccccc1F. The molecule has 1 aromatic rings. The van der Waals surface area contributed by atoms with Gasteiger partial charge in [-0.1, -0.05) is 31.0 Å². The minimum atomic E-state index is -0.811. The van der Waals surface area contributed by atoms with Crippen LogP contribution in [0.2, 0.25) is 0 Å². The van der Waals surface area contributed by atoms with Gasteiger partial charge in [0.1, 0.15) is 5.82 Å². The molecule has 92 valence electrons. The van der Waals surface area contributed by atoms with Gasteiger partial charge in [-0.15, -0.1) is 0 Å². The lowest BCUT2D eigenvalue weighted by Crippen LogP contribution is -2.17. The van der Waals surface area contributed by atoms with E-state index in [1.807, 2.05) is 0 Å². The first-order chi connectivity index (χ1) is 8.16. The van der Waals surface area contributed by atoms with Gasteiger partial charge in [-0.25, -0.2) is 4.39 Å². The molecule has 1 aliphatic carbocycles. The van der Waals surface area contributed by atoms with E-state index in [2.05, 4.69) is 0 Å². The monoisotopic (exact) mass is 236 g/mol. The molecule has 0 saturated heterocycles. The fraction of sp³-hybridized carbons (Fsp3) is 0.500. The molecule has 1 N–H and O–H groups in total. The molecule has 1 aromatic carbocycles. The Bertz CT molecular complexity index is 399. The Morgan fingerprint density at radius 1 is 1.41 bits per heavy atom. The number of carbonyl (C=O) groups is 1. The first-order valence-corrected chi connectivity index (χ1v) is 6.13. The summed E-state index contributed by atoms with van der Waals surface area (Å²) in [6.45, 7) is 0. The number of halogens is 1. The van der Waals surface area contributed by atoms with Crippen molar-refractivity contribution in [2.24, 2.45) is 11.8 Å². The maximum atomic E-state index is 13.4. The van der Waals surface area contributed by atoms with E-state index in [4.69, 9.17) is 5.11 Å². The average molecular weight is 236 g/mol. The van der Waals surface area contributed by atoms with Gasteiger partial charge in [-0.05, 0) is 36.8 Å². The first-order valence-electron chi connectivity index (χ1n) is 6.13. The van der Waals surface area contributed by atoms with Gasteiger partial charge in [0, 0.05) is 0 Å². The highest BCUT2D eigenvalue weighted by molar-refractivity contribution is 5.70. The number of carboxylic acids is 1. The van der Waals surface area contributed by atoms with Crippen LogP contribution in [0.3, 0.4) is 0 Å². The van der Waals surface area contributed by atoms with E-state index in [0.717, 1.165) is 12.3 Å². The molecule has 0 aliphatic heterocycles. The number of carboxylic acid groups (broad SMARTS) is 1. The standard InChI is InChI=1S/C14H17FO2/c15-13-4-2-1-3-11(13)9-12(14(16)17)8-7-10-5-6-10/h1-4,10,12H,5-9H2,(H,16,17). The Balaban J connectivity index is 1.96. The Hall–Kier alpha value is -1.38. The van der Waals surface area contributed by atoms with Gasteiger partial charge < -0.3 is 5.11 Å². The number of rotatable bonds is 6. The summed E-state index contributed by atoms with van der Waals surface area (Å²) in [5, 5.41) is 9.14. The molecule has 0 aromatic heterocycles. The molecule has 1 saturated carbocycles. The van der Waals surface area contributed by atoms with Gasteiger partial charge in [0.25, 0.3) is 0 Å². The summed E-state index contributed by atoms with van der Waals surface area (Å²) >= 11 is 0. The van der Waals surface area contributed by atoms with E-state index in [1.54, 1.807) is 18.2 Å². The lowest BCUT2D eigenvalue weighted by atomic mass is 9.93. The highest BCUT2D eigenvalue weighted by Crippen LogP contribution is 2.35. The summed E-state index contributed by atoms with van der Waals surface area (Å²) in [5.74, 6) is -0.843. The van der Waals surface area contributed by atoms with Crippen molar-refractivity contribution in [2.75, 3.05) is 0 Å². The summed E-state index contributed by atoms with van der Waals surface area (Å²) in [7, 11) is 0. The van der Waals surface area contributed by atoms with Crippen LogP contribution in [0.15, 0.2) is 24.3 Å². The van der Waals surface area contributed by atoms with Crippen LogP contribution < -0.4 is 0 Å². The molecule has 1 atom stereocenters. The average Bonchev–Trinajstić information content (AvgIpc) is 3.10. The predicted molar refractivity (Wildman–Crippen MR) is 63.2 cm³/mol. The van der Waals surface area contributed by atoms with Crippen LogP contribution in [0, 0.1) is 17.7 Å². The van der Waals surface area contributed by atoms with Gasteiger partial charge in [0.2, 0.25) is 0 Å². The van der Waals surface area contributed by atoms with Crippen LogP contribution in [-0.2, 0) is 11.2 Å². The second-order valence-electron chi connectivity index (χ2n) is 4.85. The first kappa shape index (κ1) is 12.1. The molecule has 1 unspecified atom stereocenters. The number of benzene rings is 1. The zero-order valence-electron chi connectivity index (χ0n) is 9.73. The maximum absolute atomic E-state index is 13.4. The Kier molecular flexibility index (Phi) is 3.77. The van der Waals surface area contributed by atoms with E-state index in [-0.39, 0.29) is 5.82 Å². The summed E-state index contributed by atoms with van der Waals surface area (Å²) in [4.78, 5) is 11.1. The van der Waals surface area contributed by atoms with E-state index in [9.17, 15) is 9.18 Å². The van der Waals surface area contributed by atoms with Crippen LogP contribution >= 0.6 is 0 Å². The van der Waals surface area contributed by atoms with Gasteiger partial charge >= 0.3 is 5.97 Å². The smallest absolute Gasteiger partial charge is 0.306 e. The highest BCUT2D eigenvalue weighted by atomic mass is 19.1. The zero-order valence-corrected chi connectivity index (χ0v) is 9.73. The third kappa shape index (κ3) is 3.55. The molecule has 2 nitrogen and oxygen atoms in total. The van der Waals surface area contributed by atoms with Crippen molar-refractivity contribution in [1.82, 2.24) is 0 Å². The molecule has 1 aliphatic rings. The minimum Gasteiger partial charge on any atom is -0.481 e. The second-order valence-corrected chi connectivity index (χ2v) is 4.85. The summed E-state index contributed by atoms with van der Waals surface area (Å²) in [6.07, 6.45) is 4.38. The highest BCUT2D eigenvalue weighted by Gasteiger charge is 2.25. The third-order valence-electron chi connectivity index (χ3n) is 3.39.